The number of amides is 1. The van der Waals surface area contributed by atoms with Crippen LogP contribution in [0.3, 0.4) is 0 Å². The number of nitrogens with one attached hydrogen (secondary N) is 1. The number of pyridine rings is 1. The first kappa shape index (κ1) is 12.7. The summed E-state index contributed by atoms with van der Waals surface area (Å²) in [4.78, 5) is 23.6. The molecule has 18 heavy (non-hydrogen) atoms. The average Bonchev–Trinajstić information content (AvgIpc) is 2.35. The van der Waals surface area contributed by atoms with Crippen molar-refractivity contribution < 1.29 is 4.79 Å². The number of anilines is 2. The fraction of sp³-hybridized carbons (Fsp3) is 0. The van der Waals surface area contributed by atoms with Crippen LogP contribution in [0, 0.1) is 0 Å². The molecule has 1 amide bonds. The quantitative estimate of drug-likeness (QED) is 0.880. The topological polar surface area (TPSA) is 93.8 Å². The Balaban J connectivity index is 2.21. The molecular weight excluding hydrogens is 322 g/mol. The van der Waals surface area contributed by atoms with Crippen LogP contribution >= 0.6 is 27.5 Å². The van der Waals surface area contributed by atoms with Gasteiger partial charge in [0.15, 0.2) is 5.82 Å². The minimum Gasteiger partial charge on any atom is -0.384 e. The van der Waals surface area contributed by atoms with E-state index in [1.54, 1.807) is 0 Å². The summed E-state index contributed by atoms with van der Waals surface area (Å²) < 4.78 is 0.576. The van der Waals surface area contributed by atoms with Gasteiger partial charge in [0, 0.05) is 6.20 Å². The van der Waals surface area contributed by atoms with Gasteiger partial charge < -0.3 is 11.1 Å². The molecule has 0 aromatic carbocycles. The van der Waals surface area contributed by atoms with E-state index in [1.165, 1.54) is 24.7 Å². The lowest BCUT2D eigenvalue weighted by molar-refractivity contribution is 0.102. The van der Waals surface area contributed by atoms with Gasteiger partial charge in [0.2, 0.25) is 0 Å². The number of hydrogen-bond acceptors (Lipinski definition) is 5. The van der Waals surface area contributed by atoms with E-state index in [-0.39, 0.29) is 16.4 Å². The van der Waals surface area contributed by atoms with Crippen LogP contribution in [-0.4, -0.2) is 20.9 Å². The Morgan fingerprint density at radius 1 is 1.28 bits per heavy atom. The first-order valence-electron chi connectivity index (χ1n) is 4.76. The van der Waals surface area contributed by atoms with Crippen molar-refractivity contribution in [2.75, 3.05) is 11.1 Å². The van der Waals surface area contributed by atoms with E-state index >= 15 is 0 Å². The monoisotopic (exact) mass is 327 g/mol. The molecular formula is C10H7BrClN5O. The van der Waals surface area contributed by atoms with E-state index in [9.17, 15) is 4.79 Å². The number of nitrogens with zero attached hydrogens (tertiary/aromatic N) is 3. The maximum atomic E-state index is 11.9. The standard InChI is InChI=1S/C10H7BrClN5O/c11-7-3-16-9(4-14-7)17-10(18)5-1-8(13)15-2-6(5)12/h1-4H,(H2,13,15)(H,16,17,18). The molecule has 2 rings (SSSR count). The van der Waals surface area contributed by atoms with Crippen molar-refractivity contribution in [3.63, 3.8) is 0 Å². The second kappa shape index (κ2) is 5.28. The Labute approximate surface area is 116 Å². The fourth-order valence-electron chi connectivity index (χ4n) is 1.19. The van der Waals surface area contributed by atoms with E-state index in [0.29, 0.717) is 10.4 Å². The average molecular weight is 329 g/mol. The second-order valence-electron chi connectivity index (χ2n) is 3.27. The van der Waals surface area contributed by atoms with E-state index in [2.05, 4.69) is 36.2 Å². The van der Waals surface area contributed by atoms with Gasteiger partial charge in [0.25, 0.3) is 5.91 Å². The van der Waals surface area contributed by atoms with Gasteiger partial charge in [-0.15, -0.1) is 0 Å². The Morgan fingerprint density at radius 2 is 2.06 bits per heavy atom. The van der Waals surface area contributed by atoms with Crippen LogP contribution in [0.2, 0.25) is 5.02 Å². The molecule has 0 atom stereocenters. The summed E-state index contributed by atoms with van der Waals surface area (Å²) in [6.45, 7) is 0. The van der Waals surface area contributed by atoms with E-state index in [4.69, 9.17) is 17.3 Å². The summed E-state index contributed by atoms with van der Waals surface area (Å²) >= 11 is 9.01. The molecule has 0 spiro atoms. The summed E-state index contributed by atoms with van der Waals surface area (Å²) in [6, 6.07) is 1.39. The van der Waals surface area contributed by atoms with Crippen LogP contribution in [0.4, 0.5) is 11.6 Å². The van der Waals surface area contributed by atoms with Gasteiger partial charge in [-0.05, 0) is 22.0 Å². The summed E-state index contributed by atoms with van der Waals surface area (Å²) in [5, 5.41) is 2.77. The maximum Gasteiger partial charge on any atom is 0.258 e. The number of halogens is 2. The van der Waals surface area contributed by atoms with Crippen LogP contribution in [0.15, 0.2) is 29.3 Å². The molecule has 2 aromatic rings. The molecule has 0 radical (unpaired) electrons. The minimum atomic E-state index is -0.425. The van der Waals surface area contributed by atoms with Crippen molar-refractivity contribution in [3.05, 3.63) is 39.8 Å². The first-order chi connectivity index (χ1) is 8.56. The van der Waals surface area contributed by atoms with Gasteiger partial charge in [-0.3, -0.25) is 4.79 Å². The largest absolute Gasteiger partial charge is 0.384 e. The summed E-state index contributed by atoms with van der Waals surface area (Å²) in [6.07, 6.45) is 4.21. The predicted molar refractivity (Wildman–Crippen MR) is 71.3 cm³/mol. The van der Waals surface area contributed by atoms with Gasteiger partial charge >= 0.3 is 0 Å². The number of nitrogens with two attached hydrogens (primary N) is 1. The molecule has 0 aliphatic carbocycles. The van der Waals surface area contributed by atoms with E-state index in [0.717, 1.165) is 0 Å². The Bertz CT molecular complexity index is 589. The zero-order chi connectivity index (χ0) is 13.1. The molecule has 0 aliphatic rings. The lowest BCUT2D eigenvalue weighted by Crippen LogP contribution is -2.14. The molecule has 0 saturated heterocycles. The zero-order valence-electron chi connectivity index (χ0n) is 8.89. The van der Waals surface area contributed by atoms with Crippen LogP contribution in [-0.2, 0) is 0 Å². The third-order valence-corrected chi connectivity index (χ3v) is 2.69. The number of aromatic nitrogens is 3. The molecule has 0 bridgehead atoms. The smallest absolute Gasteiger partial charge is 0.258 e. The van der Waals surface area contributed by atoms with Gasteiger partial charge in [0.1, 0.15) is 10.4 Å². The molecule has 2 heterocycles. The van der Waals surface area contributed by atoms with Crippen LogP contribution in [0.25, 0.3) is 0 Å². The van der Waals surface area contributed by atoms with Crippen LogP contribution in [0.1, 0.15) is 10.4 Å². The highest BCUT2D eigenvalue weighted by Gasteiger charge is 2.12. The van der Waals surface area contributed by atoms with Gasteiger partial charge in [0.05, 0.1) is 23.0 Å². The molecule has 8 heteroatoms. The van der Waals surface area contributed by atoms with Crippen molar-refractivity contribution in [3.8, 4) is 0 Å². The van der Waals surface area contributed by atoms with Crippen molar-refractivity contribution in [1.29, 1.82) is 0 Å². The third-order valence-electron chi connectivity index (χ3n) is 1.98. The predicted octanol–water partition coefficient (Wildman–Crippen LogP) is 2.12. The van der Waals surface area contributed by atoms with Crippen LogP contribution < -0.4 is 11.1 Å². The number of carbonyl (C=O) groups is 1. The molecule has 0 saturated carbocycles. The molecule has 92 valence electrons. The van der Waals surface area contributed by atoms with Gasteiger partial charge in [-0.1, -0.05) is 11.6 Å². The van der Waals surface area contributed by atoms with Crippen molar-refractivity contribution in [1.82, 2.24) is 15.0 Å². The van der Waals surface area contributed by atoms with Gasteiger partial charge in [-0.2, -0.15) is 0 Å². The molecule has 6 nitrogen and oxygen atoms in total. The van der Waals surface area contributed by atoms with Gasteiger partial charge in [-0.25, -0.2) is 15.0 Å². The van der Waals surface area contributed by atoms with Crippen molar-refractivity contribution >= 4 is 45.1 Å². The number of nitrogen functional groups attached to an aromatic ring is 1. The summed E-state index contributed by atoms with van der Waals surface area (Å²) in [7, 11) is 0. The number of carbonyl (C=O) groups excluding carboxylic acids is 1. The Morgan fingerprint density at radius 3 is 2.72 bits per heavy atom. The normalized spacial score (nSPS) is 10.1. The molecule has 0 aliphatic heterocycles. The van der Waals surface area contributed by atoms with Crippen molar-refractivity contribution in [2.45, 2.75) is 0 Å². The highest BCUT2D eigenvalue weighted by Crippen LogP contribution is 2.18. The molecule has 3 N–H and O–H groups in total. The number of rotatable bonds is 2. The Kier molecular flexibility index (Phi) is 3.73. The first-order valence-corrected chi connectivity index (χ1v) is 5.93. The van der Waals surface area contributed by atoms with E-state index in [1.807, 2.05) is 0 Å². The lowest BCUT2D eigenvalue weighted by atomic mass is 10.2. The molecule has 2 aromatic heterocycles. The lowest BCUT2D eigenvalue weighted by Gasteiger charge is -2.06. The SMILES string of the molecule is Nc1cc(C(=O)Nc2cnc(Br)cn2)c(Cl)cn1. The zero-order valence-corrected chi connectivity index (χ0v) is 11.2. The Hall–Kier alpha value is -1.73. The minimum absolute atomic E-state index is 0.214. The van der Waals surface area contributed by atoms with Crippen molar-refractivity contribution in [2.24, 2.45) is 0 Å². The summed E-state index contributed by atoms with van der Waals surface area (Å²) in [5.74, 6) is 0.104. The fourth-order valence-corrected chi connectivity index (χ4v) is 1.58. The third kappa shape index (κ3) is 2.93. The van der Waals surface area contributed by atoms with Crippen LogP contribution in [0.5, 0.6) is 0 Å². The maximum absolute atomic E-state index is 11.9. The second-order valence-corrected chi connectivity index (χ2v) is 4.49. The highest BCUT2D eigenvalue weighted by molar-refractivity contribution is 9.10. The molecule has 0 unspecified atom stereocenters. The number of hydrogen-bond donors (Lipinski definition) is 2. The summed E-state index contributed by atoms with van der Waals surface area (Å²) in [5.41, 5.74) is 5.73. The highest BCUT2D eigenvalue weighted by atomic mass is 79.9. The van der Waals surface area contributed by atoms with E-state index < -0.39 is 5.91 Å². The molecule has 0 fully saturated rings.